The molecule has 6 nitrogen and oxygen atoms in total. The zero-order chi connectivity index (χ0) is 13.0. The molecule has 3 N–H and O–H groups in total. The highest BCUT2D eigenvalue weighted by atomic mass is 16.2. The van der Waals surface area contributed by atoms with Crippen LogP contribution < -0.4 is 11.1 Å². The van der Waals surface area contributed by atoms with Crippen molar-refractivity contribution in [2.24, 2.45) is 5.73 Å². The molecule has 2 heterocycles. The lowest BCUT2D eigenvalue weighted by atomic mass is 10.2. The molecule has 2 rings (SSSR count). The predicted octanol–water partition coefficient (Wildman–Crippen LogP) is -0.629. The van der Waals surface area contributed by atoms with Crippen LogP contribution in [0.3, 0.4) is 0 Å². The van der Waals surface area contributed by atoms with Gasteiger partial charge in [-0.3, -0.25) is 14.6 Å². The van der Waals surface area contributed by atoms with Gasteiger partial charge in [0.1, 0.15) is 0 Å². The number of aromatic nitrogens is 1. The number of amides is 2. The minimum Gasteiger partial charge on any atom is -0.347 e. The Kier molecular flexibility index (Phi) is 3.88. The monoisotopic (exact) mass is 248 g/mol. The molecule has 1 atom stereocenters. The number of rotatable bonds is 3. The molecule has 1 fully saturated rings. The van der Waals surface area contributed by atoms with Crippen molar-refractivity contribution in [2.75, 3.05) is 19.6 Å². The number of pyridine rings is 1. The summed E-state index contributed by atoms with van der Waals surface area (Å²) in [6.07, 6.45) is 3.90. The zero-order valence-electron chi connectivity index (χ0n) is 10.0. The molecule has 1 aromatic rings. The number of hydrogen-bond acceptors (Lipinski definition) is 4. The Labute approximate surface area is 105 Å². The zero-order valence-corrected chi connectivity index (χ0v) is 10.0. The van der Waals surface area contributed by atoms with E-state index in [0.717, 1.165) is 6.42 Å². The molecule has 2 amide bonds. The second-order valence-electron chi connectivity index (χ2n) is 4.24. The molecule has 0 bridgehead atoms. The summed E-state index contributed by atoms with van der Waals surface area (Å²) in [6.45, 7) is 1.19. The average molecular weight is 248 g/mol. The molecular formula is C12H16N4O2. The molecule has 0 radical (unpaired) electrons. The van der Waals surface area contributed by atoms with Gasteiger partial charge in [-0.25, -0.2) is 0 Å². The first-order chi connectivity index (χ1) is 8.70. The van der Waals surface area contributed by atoms with E-state index >= 15 is 0 Å². The predicted molar refractivity (Wildman–Crippen MR) is 65.7 cm³/mol. The van der Waals surface area contributed by atoms with E-state index in [0.29, 0.717) is 18.7 Å². The van der Waals surface area contributed by atoms with Crippen molar-refractivity contribution in [3.8, 4) is 0 Å². The standard InChI is InChI=1S/C12H16N4O2/c13-6-11(17)16-5-3-10(8-16)15-12(18)9-2-1-4-14-7-9/h1-2,4,7,10H,3,5-6,8,13H2,(H,15,18). The first-order valence-electron chi connectivity index (χ1n) is 5.89. The minimum atomic E-state index is -0.157. The molecular weight excluding hydrogens is 232 g/mol. The van der Waals surface area contributed by atoms with Crippen molar-refractivity contribution in [2.45, 2.75) is 12.5 Å². The van der Waals surface area contributed by atoms with Gasteiger partial charge in [-0.1, -0.05) is 0 Å². The third kappa shape index (κ3) is 2.84. The molecule has 6 heteroatoms. The highest BCUT2D eigenvalue weighted by Gasteiger charge is 2.26. The molecule has 1 aliphatic rings. The number of carbonyl (C=O) groups is 2. The largest absolute Gasteiger partial charge is 0.347 e. The summed E-state index contributed by atoms with van der Waals surface area (Å²) in [6, 6.07) is 3.42. The maximum Gasteiger partial charge on any atom is 0.253 e. The van der Waals surface area contributed by atoms with Gasteiger partial charge in [-0.2, -0.15) is 0 Å². The number of hydrogen-bond donors (Lipinski definition) is 2. The van der Waals surface area contributed by atoms with Gasteiger partial charge < -0.3 is 16.0 Å². The number of carbonyl (C=O) groups excluding carboxylic acids is 2. The molecule has 1 unspecified atom stereocenters. The molecule has 1 saturated heterocycles. The van der Waals surface area contributed by atoms with Crippen LogP contribution in [0.25, 0.3) is 0 Å². The van der Waals surface area contributed by atoms with E-state index in [1.54, 1.807) is 23.2 Å². The molecule has 0 aromatic carbocycles. The first-order valence-corrected chi connectivity index (χ1v) is 5.89. The highest BCUT2D eigenvalue weighted by Crippen LogP contribution is 2.09. The van der Waals surface area contributed by atoms with Crippen LogP contribution in [0.1, 0.15) is 16.8 Å². The second kappa shape index (κ2) is 5.59. The van der Waals surface area contributed by atoms with Crippen LogP contribution in [0.4, 0.5) is 0 Å². The van der Waals surface area contributed by atoms with E-state index < -0.39 is 0 Å². The lowest BCUT2D eigenvalue weighted by molar-refractivity contribution is -0.128. The lowest BCUT2D eigenvalue weighted by Gasteiger charge is -2.16. The molecule has 0 spiro atoms. The quantitative estimate of drug-likeness (QED) is 0.745. The fourth-order valence-corrected chi connectivity index (χ4v) is 2.00. The van der Waals surface area contributed by atoms with Gasteiger partial charge in [-0.05, 0) is 18.6 Å². The van der Waals surface area contributed by atoms with E-state index in [1.807, 2.05) is 0 Å². The third-order valence-electron chi connectivity index (χ3n) is 2.97. The maximum atomic E-state index is 11.9. The molecule has 18 heavy (non-hydrogen) atoms. The summed E-state index contributed by atoms with van der Waals surface area (Å²) in [5.74, 6) is -0.233. The smallest absolute Gasteiger partial charge is 0.253 e. The Morgan fingerprint density at radius 1 is 1.56 bits per heavy atom. The van der Waals surface area contributed by atoms with E-state index in [2.05, 4.69) is 10.3 Å². The number of likely N-dealkylation sites (tertiary alicyclic amines) is 1. The first kappa shape index (κ1) is 12.5. The van der Waals surface area contributed by atoms with E-state index in [-0.39, 0.29) is 24.4 Å². The highest BCUT2D eigenvalue weighted by molar-refractivity contribution is 5.94. The Balaban J connectivity index is 1.89. The summed E-state index contributed by atoms with van der Waals surface area (Å²) in [5, 5.41) is 2.89. The van der Waals surface area contributed by atoms with Gasteiger partial charge >= 0.3 is 0 Å². The summed E-state index contributed by atoms with van der Waals surface area (Å²) < 4.78 is 0. The molecule has 1 aromatic heterocycles. The van der Waals surface area contributed by atoms with Gasteiger partial charge in [0, 0.05) is 31.5 Å². The number of nitrogens with zero attached hydrogens (tertiary/aromatic N) is 2. The van der Waals surface area contributed by atoms with Gasteiger partial charge in [-0.15, -0.1) is 0 Å². The van der Waals surface area contributed by atoms with E-state index in [1.165, 1.54) is 6.20 Å². The Bertz CT molecular complexity index is 435. The van der Waals surface area contributed by atoms with Crippen molar-refractivity contribution < 1.29 is 9.59 Å². The van der Waals surface area contributed by atoms with Crippen LogP contribution in [0.5, 0.6) is 0 Å². The molecule has 96 valence electrons. The Morgan fingerprint density at radius 2 is 2.39 bits per heavy atom. The molecule has 0 saturated carbocycles. The summed E-state index contributed by atoms with van der Waals surface area (Å²) >= 11 is 0. The number of nitrogens with two attached hydrogens (primary N) is 1. The van der Waals surface area contributed by atoms with Crippen LogP contribution in [-0.2, 0) is 4.79 Å². The average Bonchev–Trinajstić information content (AvgIpc) is 2.87. The van der Waals surface area contributed by atoms with Crippen LogP contribution in [0.2, 0.25) is 0 Å². The summed E-state index contributed by atoms with van der Waals surface area (Å²) in [5.41, 5.74) is 5.83. The van der Waals surface area contributed by atoms with E-state index in [4.69, 9.17) is 5.73 Å². The normalized spacial score (nSPS) is 18.7. The lowest BCUT2D eigenvalue weighted by Crippen LogP contribution is -2.40. The maximum absolute atomic E-state index is 11.9. The topological polar surface area (TPSA) is 88.3 Å². The second-order valence-corrected chi connectivity index (χ2v) is 4.24. The van der Waals surface area contributed by atoms with Crippen LogP contribution in [-0.4, -0.2) is 47.4 Å². The van der Waals surface area contributed by atoms with Crippen molar-refractivity contribution in [3.63, 3.8) is 0 Å². The third-order valence-corrected chi connectivity index (χ3v) is 2.97. The van der Waals surface area contributed by atoms with Gasteiger partial charge in [0.05, 0.1) is 12.1 Å². The van der Waals surface area contributed by atoms with Gasteiger partial charge in [0.2, 0.25) is 5.91 Å². The summed E-state index contributed by atoms with van der Waals surface area (Å²) in [4.78, 5) is 28.8. The van der Waals surface area contributed by atoms with Crippen LogP contribution >= 0.6 is 0 Å². The van der Waals surface area contributed by atoms with Gasteiger partial charge in [0.15, 0.2) is 0 Å². The van der Waals surface area contributed by atoms with Crippen molar-refractivity contribution in [1.29, 1.82) is 0 Å². The molecule has 1 aliphatic heterocycles. The van der Waals surface area contributed by atoms with Crippen molar-refractivity contribution >= 4 is 11.8 Å². The molecule has 0 aliphatic carbocycles. The van der Waals surface area contributed by atoms with Crippen LogP contribution in [0.15, 0.2) is 24.5 Å². The SMILES string of the molecule is NCC(=O)N1CCC(NC(=O)c2cccnc2)C1. The minimum absolute atomic E-state index is 0.00629. The van der Waals surface area contributed by atoms with Crippen LogP contribution in [0, 0.1) is 0 Å². The van der Waals surface area contributed by atoms with E-state index in [9.17, 15) is 9.59 Å². The number of nitrogens with one attached hydrogen (secondary N) is 1. The summed E-state index contributed by atoms with van der Waals surface area (Å²) in [7, 11) is 0. The van der Waals surface area contributed by atoms with Gasteiger partial charge in [0.25, 0.3) is 5.91 Å². The fourth-order valence-electron chi connectivity index (χ4n) is 2.00. The Hall–Kier alpha value is -1.95. The fraction of sp³-hybridized carbons (Fsp3) is 0.417. The van der Waals surface area contributed by atoms with Crippen molar-refractivity contribution in [3.05, 3.63) is 30.1 Å². The van der Waals surface area contributed by atoms with Crippen molar-refractivity contribution in [1.82, 2.24) is 15.2 Å². The Morgan fingerprint density at radius 3 is 3.06 bits per heavy atom.